The van der Waals surface area contributed by atoms with Crippen LogP contribution in [0.15, 0.2) is 12.4 Å². The van der Waals surface area contributed by atoms with Gasteiger partial charge >= 0.3 is 0 Å². The summed E-state index contributed by atoms with van der Waals surface area (Å²) in [4.78, 5) is 6.65. The van der Waals surface area contributed by atoms with Gasteiger partial charge in [-0.2, -0.15) is 0 Å². The quantitative estimate of drug-likeness (QED) is 0.888. The number of imidazole rings is 1. The summed E-state index contributed by atoms with van der Waals surface area (Å²) in [5, 5.41) is 10.3. The minimum Gasteiger partial charge on any atom is -0.390 e. The van der Waals surface area contributed by atoms with Crippen molar-refractivity contribution in [2.45, 2.75) is 58.5 Å². The molecule has 1 aliphatic heterocycles. The third kappa shape index (κ3) is 4.04. The number of aliphatic hydroxyl groups excluding tert-OH is 1. The van der Waals surface area contributed by atoms with Gasteiger partial charge in [0.25, 0.3) is 0 Å². The lowest BCUT2D eigenvalue weighted by Crippen LogP contribution is -2.48. The smallest absolute Gasteiger partial charge is 0.111 e. The molecule has 5 nitrogen and oxygen atoms in total. The first-order valence-corrected chi connectivity index (χ1v) is 7.52. The van der Waals surface area contributed by atoms with E-state index >= 15 is 0 Å². The van der Waals surface area contributed by atoms with E-state index in [9.17, 15) is 5.11 Å². The molecule has 1 aliphatic rings. The maximum absolute atomic E-state index is 10.3. The molecular formula is C15H27N3O2. The molecule has 2 heterocycles. The highest BCUT2D eigenvalue weighted by atomic mass is 16.5. The van der Waals surface area contributed by atoms with E-state index in [2.05, 4.69) is 42.1 Å². The Kier molecular flexibility index (Phi) is 5.18. The zero-order chi connectivity index (χ0) is 14.7. The van der Waals surface area contributed by atoms with Crippen molar-refractivity contribution in [1.82, 2.24) is 14.5 Å². The van der Waals surface area contributed by atoms with Gasteiger partial charge < -0.3 is 14.4 Å². The van der Waals surface area contributed by atoms with Gasteiger partial charge in [-0.05, 0) is 13.8 Å². The number of hydrogen-bond acceptors (Lipinski definition) is 4. The Labute approximate surface area is 121 Å². The lowest BCUT2D eigenvalue weighted by atomic mass is 10.2. The topological polar surface area (TPSA) is 50.5 Å². The van der Waals surface area contributed by atoms with Gasteiger partial charge in [-0.15, -0.1) is 0 Å². The molecule has 1 aromatic rings. The predicted octanol–water partition coefficient (Wildman–Crippen LogP) is 1.48. The fraction of sp³-hybridized carbons (Fsp3) is 0.800. The fourth-order valence-electron chi connectivity index (χ4n) is 2.99. The first-order valence-electron chi connectivity index (χ1n) is 7.52. The summed E-state index contributed by atoms with van der Waals surface area (Å²) in [5.74, 6) is 1.41. The summed E-state index contributed by atoms with van der Waals surface area (Å²) >= 11 is 0. The highest BCUT2D eigenvalue weighted by Gasteiger charge is 2.24. The third-order valence-electron chi connectivity index (χ3n) is 3.64. The van der Waals surface area contributed by atoms with Crippen LogP contribution in [0.2, 0.25) is 0 Å². The largest absolute Gasteiger partial charge is 0.390 e. The van der Waals surface area contributed by atoms with E-state index in [-0.39, 0.29) is 18.3 Å². The average molecular weight is 281 g/mol. The van der Waals surface area contributed by atoms with Crippen molar-refractivity contribution >= 4 is 0 Å². The predicted molar refractivity (Wildman–Crippen MR) is 78.8 cm³/mol. The monoisotopic (exact) mass is 281 g/mol. The van der Waals surface area contributed by atoms with E-state index in [1.165, 1.54) is 0 Å². The van der Waals surface area contributed by atoms with Crippen LogP contribution in [0.5, 0.6) is 0 Å². The van der Waals surface area contributed by atoms with Crippen LogP contribution in [0.3, 0.4) is 0 Å². The molecule has 2 rings (SSSR count). The molecule has 0 spiro atoms. The number of hydrogen-bond donors (Lipinski definition) is 1. The lowest BCUT2D eigenvalue weighted by molar-refractivity contribution is -0.0773. The molecule has 1 fully saturated rings. The molecule has 1 aromatic heterocycles. The third-order valence-corrected chi connectivity index (χ3v) is 3.64. The Balaban J connectivity index is 1.88. The van der Waals surface area contributed by atoms with Crippen LogP contribution in [0.1, 0.15) is 39.4 Å². The van der Waals surface area contributed by atoms with E-state index in [1.807, 2.05) is 6.20 Å². The van der Waals surface area contributed by atoms with E-state index < -0.39 is 0 Å². The number of β-amino-alcohol motifs (C(OH)–C–C–N with tert-alkyl or cyclic N) is 1. The highest BCUT2D eigenvalue weighted by molar-refractivity contribution is 4.98. The Hall–Kier alpha value is -0.910. The van der Waals surface area contributed by atoms with E-state index in [1.54, 1.807) is 6.20 Å². The second-order valence-electron chi connectivity index (χ2n) is 6.22. The molecule has 114 valence electrons. The number of rotatable bonds is 5. The second kappa shape index (κ2) is 6.70. The van der Waals surface area contributed by atoms with Crippen LogP contribution in [-0.2, 0) is 11.3 Å². The van der Waals surface area contributed by atoms with E-state index in [4.69, 9.17) is 4.74 Å². The first kappa shape index (κ1) is 15.5. The van der Waals surface area contributed by atoms with Crippen molar-refractivity contribution < 1.29 is 9.84 Å². The van der Waals surface area contributed by atoms with Crippen molar-refractivity contribution in [1.29, 1.82) is 0 Å². The lowest BCUT2D eigenvalue weighted by Gasteiger charge is -2.36. The summed E-state index contributed by atoms with van der Waals surface area (Å²) in [6.45, 7) is 11.5. The summed E-state index contributed by atoms with van der Waals surface area (Å²) < 4.78 is 7.77. The van der Waals surface area contributed by atoms with Gasteiger partial charge in [0.05, 0.1) is 24.9 Å². The molecular weight excluding hydrogens is 254 g/mol. The molecule has 3 atom stereocenters. The minimum atomic E-state index is -0.376. The summed E-state index contributed by atoms with van der Waals surface area (Å²) in [6, 6.07) is 0. The van der Waals surface area contributed by atoms with Crippen molar-refractivity contribution in [3.05, 3.63) is 18.2 Å². The summed E-state index contributed by atoms with van der Waals surface area (Å²) in [5.41, 5.74) is 0. The van der Waals surface area contributed by atoms with Gasteiger partial charge in [0.15, 0.2) is 0 Å². The van der Waals surface area contributed by atoms with Gasteiger partial charge in [-0.25, -0.2) is 4.98 Å². The summed E-state index contributed by atoms with van der Waals surface area (Å²) in [7, 11) is 0. The molecule has 0 bridgehead atoms. The molecule has 0 amide bonds. The molecule has 0 unspecified atom stereocenters. The maximum atomic E-state index is 10.3. The van der Waals surface area contributed by atoms with E-state index in [0.717, 1.165) is 18.9 Å². The molecule has 0 aliphatic carbocycles. The number of nitrogens with zero attached hydrogens (tertiary/aromatic N) is 3. The van der Waals surface area contributed by atoms with Crippen LogP contribution in [-0.4, -0.2) is 57.5 Å². The number of aliphatic hydroxyl groups is 1. The number of aromatic nitrogens is 2. The molecule has 1 saturated heterocycles. The fourth-order valence-corrected chi connectivity index (χ4v) is 2.99. The van der Waals surface area contributed by atoms with Gasteiger partial charge in [0, 0.05) is 37.9 Å². The highest BCUT2D eigenvalue weighted by Crippen LogP contribution is 2.14. The number of ether oxygens (including phenoxy) is 1. The Morgan fingerprint density at radius 1 is 1.30 bits per heavy atom. The molecule has 0 saturated carbocycles. The van der Waals surface area contributed by atoms with Crippen LogP contribution < -0.4 is 0 Å². The van der Waals surface area contributed by atoms with Gasteiger partial charge in [-0.3, -0.25) is 4.90 Å². The second-order valence-corrected chi connectivity index (χ2v) is 6.22. The van der Waals surface area contributed by atoms with Crippen molar-refractivity contribution in [3.8, 4) is 0 Å². The van der Waals surface area contributed by atoms with Gasteiger partial charge in [0.1, 0.15) is 5.82 Å². The zero-order valence-corrected chi connectivity index (χ0v) is 13.0. The van der Waals surface area contributed by atoms with E-state index in [0.29, 0.717) is 19.0 Å². The molecule has 0 radical (unpaired) electrons. The minimum absolute atomic E-state index is 0.241. The molecule has 20 heavy (non-hydrogen) atoms. The average Bonchev–Trinajstić information content (AvgIpc) is 2.75. The standard InChI is InChI=1S/C15H27N3O2/c1-11(2)15-16-5-6-18(15)10-14(19)9-17-7-12(3)20-13(4)8-17/h5-6,11-14,19H,7-10H2,1-4H3/t12-,13-,14-/m0/s1. The normalized spacial score (nSPS) is 26.1. The molecule has 5 heteroatoms. The maximum Gasteiger partial charge on any atom is 0.111 e. The summed E-state index contributed by atoms with van der Waals surface area (Å²) in [6.07, 6.45) is 3.86. The first-order chi connectivity index (χ1) is 9.45. The van der Waals surface area contributed by atoms with Crippen molar-refractivity contribution in [2.75, 3.05) is 19.6 Å². The van der Waals surface area contributed by atoms with Gasteiger partial charge in [0.2, 0.25) is 0 Å². The Morgan fingerprint density at radius 2 is 1.95 bits per heavy atom. The zero-order valence-electron chi connectivity index (χ0n) is 13.0. The van der Waals surface area contributed by atoms with Crippen LogP contribution >= 0.6 is 0 Å². The van der Waals surface area contributed by atoms with Crippen LogP contribution in [0.25, 0.3) is 0 Å². The van der Waals surface area contributed by atoms with Crippen molar-refractivity contribution in [2.24, 2.45) is 0 Å². The molecule has 0 aromatic carbocycles. The van der Waals surface area contributed by atoms with Crippen LogP contribution in [0, 0.1) is 0 Å². The van der Waals surface area contributed by atoms with Crippen molar-refractivity contribution in [3.63, 3.8) is 0 Å². The van der Waals surface area contributed by atoms with Gasteiger partial charge in [-0.1, -0.05) is 13.8 Å². The Bertz CT molecular complexity index is 409. The SMILES string of the molecule is CC(C)c1nccn1C[C@@H](O)CN1C[C@H](C)O[C@@H](C)C1. The Morgan fingerprint density at radius 3 is 2.55 bits per heavy atom. The van der Waals surface area contributed by atoms with Crippen LogP contribution in [0.4, 0.5) is 0 Å². The number of morpholine rings is 1. The molecule has 1 N–H and O–H groups in total.